The Morgan fingerprint density at radius 2 is 2.22 bits per heavy atom. The highest BCUT2D eigenvalue weighted by atomic mass is 32.2. The van der Waals surface area contributed by atoms with Gasteiger partial charge in [0.25, 0.3) is 0 Å². The quantitative estimate of drug-likeness (QED) is 0.804. The Morgan fingerprint density at radius 1 is 1.39 bits per heavy atom. The van der Waals surface area contributed by atoms with Gasteiger partial charge >= 0.3 is 0 Å². The number of anilines is 1. The molecule has 5 nitrogen and oxygen atoms in total. The van der Waals surface area contributed by atoms with Gasteiger partial charge in [0.1, 0.15) is 5.76 Å². The van der Waals surface area contributed by atoms with Gasteiger partial charge in [0.05, 0.1) is 11.4 Å². The summed E-state index contributed by atoms with van der Waals surface area (Å²) in [5, 5.41) is 13.4. The van der Waals surface area contributed by atoms with Crippen molar-refractivity contribution in [3.8, 4) is 0 Å². The number of rotatable bonds is 4. The summed E-state index contributed by atoms with van der Waals surface area (Å²) >= 11 is 3.31. The zero-order chi connectivity index (χ0) is 12.4. The normalized spacial score (nSPS) is 15.5. The molecule has 3 heterocycles. The number of hydrogen-bond donors (Lipinski definition) is 0. The molecule has 96 valence electrons. The molecule has 1 saturated heterocycles. The molecule has 0 unspecified atom stereocenters. The number of thioether (sulfide) groups is 1. The van der Waals surface area contributed by atoms with E-state index in [-0.39, 0.29) is 0 Å². The summed E-state index contributed by atoms with van der Waals surface area (Å²) in [5.41, 5.74) is 0.917. The minimum Gasteiger partial charge on any atom is -0.360 e. The van der Waals surface area contributed by atoms with Gasteiger partial charge in [-0.2, -0.15) is 0 Å². The Hall–Kier alpha value is -1.08. The second-order valence-corrected chi connectivity index (χ2v) is 6.45. The van der Waals surface area contributed by atoms with Crippen LogP contribution in [0.3, 0.4) is 0 Å². The molecular weight excluding hydrogens is 268 g/mol. The Bertz CT molecular complexity index is 519. The third-order valence-electron chi connectivity index (χ3n) is 2.79. The molecule has 2 aromatic rings. The van der Waals surface area contributed by atoms with E-state index in [1.807, 2.05) is 13.0 Å². The molecule has 18 heavy (non-hydrogen) atoms. The maximum atomic E-state index is 5.17. The molecule has 0 radical (unpaired) electrons. The molecule has 0 aromatic carbocycles. The fourth-order valence-electron chi connectivity index (χ4n) is 1.91. The smallest absolute Gasteiger partial charge is 0.209 e. The Kier molecular flexibility index (Phi) is 3.51. The summed E-state index contributed by atoms with van der Waals surface area (Å²) in [6, 6.07) is 1.95. The summed E-state index contributed by atoms with van der Waals surface area (Å²) < 4.78 is 6.16. The van der Waals surface area contributed by atoms with E-state index < -0.39 is 0 Å². The predicted molar refractivity (Wildman–Crippen MR) is 72.2 cm³/mol. The summed E-state index contributed by atoms with van der Waals surface area (Å²) in [6.07, 6.45) is 2.53. The summed E-state index contributed by atoms with van der Waals surface area (Å²) in [4.78, 5) is 2.31. The lowest BCUT2D eigenvalue weighted by Crippen LogP contribution is -2.17. The van der Waals surface area contributed by atoms with Crippen LogP contribution >= 0.6 is 23.1 Å². The molecule has 7 heteroatoms. The van der Waals surface area contributed by atoms with Gasteiger partial charge in [-0.05, 0) is 19.8 Å². The first-order valence-corrected chi connectivity index (χ1v) is 7.75. The highest BCUT2D eigenvalue weighted by Gasteiger charge is 2.17. The molecule has 0 spiro atoms. The lowest BCUT2D eigenvalue weighted by molar-refractivity contribution is 0.391. The van der Waals surface area contributed by atoms with Crippen LogP contribution in [0, 0.1) is 6.92 Å². The van der Waals surface area contributed by atoms with Crippen molar-refractivity contribution in [2.45, 2.75) is 29.9 Å². The molecule has 1 aliphatic rings. The lowest BCUT2D eigenvalue weighted by Gasteiger charge is -2.10. The second kappa shape index (κ2) is 5.27. The van der Waals surface area contributed by atoms with Crippen molar-refractivity contribution < 1.29 is 4.52 Å². The van der Waals surface area contributed by atoms with Gasteiger partial charge in [0.15, 0.2) is 4.34 Å². The summed E-state index contributed by atoms with van der Waals surface area (Å²) in [6.45, 7) is 4.15. The van der Waals surface area contributed by atoms with Crippen molar-refractivity contribution in [1.29, 1.82) is 0 Å². The molecule has 0 atom stereocenters. The second-order valence-electron chi connectivity index (χ2n) is 4.27. The number of aromatic nitrogens is 3. The molecule has 3 rings (SSSR count). The maximum absolute atomic E-state index is 5.17. The van der Waals surface area contributed by atoms with E-state index in [9.17, 15) is 0 Å². The largest absolute Gasteiger partial charge is 0.360 e. The van der Waals surface area contributed by atoms with Gasteiger partial charge in [-0.1, -0.05) is 28.3 Å². The Labute approximate surface area is 114 Å². The van der Waals surface area contributed by atoms with Crippen LogP contribution in [0.1, 0.15) is 24.3 Å². The molecule has 0 N–H and O–H groups in total. The third-order valence-corrected chi connectivity index (χ3v) is 4.93. The first-order chi connectivity index (χ1) is 8.81. The van der Waals surface area contributed by atoms with E-state index in [1.54, 1.807) is 23.1 Å². The minimum absolute atomic E-state index is 0.759. The van der Waals surface area contributed by atoms with Gasteiger partial charge in [-0.3, -0.25) is 0 Å². The fraction of sp³-hybridized carbons (Fsp3) is 0.545. The molecule has 1 fully saturated rings. The van der Waals surface area contributed by atoms with Crippen molar-refractivity contribution in [3.05, 3.63) is 17.5 Å². The Morgan fingerprint density at radius 3 is 2.94 bits per heavy atom. The molecule has 2 aromatic heterocycles. The van der Waals surface area contributed by atoms with E-state index in [2.05, 4.69) is 20.3 Å². The summed E-state index contributed by atoms with van der Waals surface area (Å²) in [5.74, 6) is 1.64. The van der Waals surface area contributed by atoms with Gasteiger partial charge in [-0.25, -0.2) is 0 Å². The molecular formula is C11H14N4OS2. The molecule has 0 saturated carbocycles. The average molecular weight is 282 g/mol. The van der Waals surface area contributed by atoms with Crippen LogP contribution in [-0.4, -0.2) is 28.4 Å². The van der Waals surface area contributed by atoms with Gasteiger partial charge < -0.3 is 9.42 Å². The SMILES string of the molecule is Cc1cc(CSc2nnc(N3CCCC3)s2)on1. The zero-order valence-electron chi connectivity index (χ0n) is 10.1. The third kappa shape index (κ3) is 2.67. The first kappa shape index (κ1) is 12.0. The van der Waals surface area contributed by atoms with Crippen molar-refractivity contribution >= 4 is 28.2 Å². The monoisotopic (exact) mass is 282 g/mol. The van der Waals surface area contributed by atoms with Crippen LogP contribution in [0.4, 0.5) is 5.13 Å². The minimum atomic E-state index is 0.759. The standard InChI is InChI=1S/C11H14N4OS2/c1-8-6-9(16-14-8)7-17-11-13-12-10(18-11)15-4-2-3-5-15/h6H,2-5,7H2,1H3. The first-order valence-electron chi connectivity index (χ1n) is 5.95. The van der Waals surface area contributed by atoms with E-state index in [4.69, 9.17) is 4.52 Å². The summed E-state index contributed by atoms with van der Waals surface area (Å²) in [7, 11) is 0. The molecule has 1 aliphatic heterocycles. The van der Waals surface area contributed by atoms with Crippen LogP contribution < -0.4 is 4.90 Å². The van der Waals surface area contributed by atoms with Gasteiger partial charge in [0.2, 0.25) is 5.13 Å². The fourth-order valence-corrected chi connectivity index (χ4v) is 3.68. The van der Waals surface area contributed by atoms with Crippen molar-refractivity contribution in [2.75, 3.05) is 18.0 Å². The molecule has 0 bridgehead atoms. The van der Waals surface area contributed by atoms with E-state index in [0.717, 1.165) is 39.8 Å². The van der Waals surface area contributed by atoms with E-state index in [0.29, 0.717) is 0 Å². The Balaban J connectivity index is 1.59. The van der Waals surface area contributed by atoms with Crippen LogP contribution in [0.5, 0.6) is 0 Å². The van der Waals surface area contributed by atoms with Gasteiger partial charge in [0, 0.05) is 19.2 Å². The number of hydrogen-bond acceptors (Lipinski definition) is 7. The van der Waals surface area contributed by atoms with Crippen LogP contribution in [0.2, 0.25) is 0 Å². The van der Waals surface area contributed by atoms with E-state index in [1.165, 1.54) is 12.8 Å². The molecule has 0 aliphatic carbocycles. The van der Waals surface area contributed by atoms with Crippen LogP contribution in [0.25, 0.3) is 0 Å². The van der Waals surface area contributed by atoms with Crippen LogP contribution in [-0.2, 0) is 5.75 Å². The highest BCUT2D eigenvalue weighted by molar-refractivity contribution is 8.00. The average Bonchev–Trinajstić information content (AvgIpc) is 3.07. The predicted octanol–water partition coefficient (Wildman–Crippen LogP) is 2.73. The van der Waals surface area contributed by atoms with Crippen molar-refractivity contribution in [2.24, 2.45) is 0 Å². The topological polar surface area (TPSA) is 55.1 Å². The maximum Gasteiger partial charge on any atom is 0.209 e. The van der Waals surface area contributed by atoms with Crippen molar-refractivity contribution in [1.82, 2.24) is 15.4 Å². The van der Waals surface area contributed by atoms with Gasteiger partial charge in [-0.15, -0.1) is 10.2 Å². The number of aryl methyl sites for hydroxylation is 1. The van der Waals surface area contributed by atoms with E-state index >= 15 is 0 Å². The highest BCUT2D eigenvalue weighted by Crippen LogP contribution is 2.31. The lowest BCUT2D eigenvalue weighted by atomic mass is 10.4. The number of nitrogens with zero attached hydrogens (tertiary/aromatic N) is 4. The molecule has 0 amide bonds. The van der Waals surface area contributed by atoms with Crippen molar-refractivity contribution in [3.63, 3.8) is 0 Å². The zero-order valence-corrected chi connectivity index (χ0v) is 11.8. The van der Waals surface area contributed by atoms with Crippen LogP contribution in [0.15, 0.2) is 14.9 Å².